The summed E-state index contributed by atoms with van der Waals surface area (Å²) in [4.78, 5) is 2.36. The van der Waals surface area contributed by atoms with Crippen molar-refractivity contribution in [1.29, 1.82) is 0 Å². The summed E-state index contributed by atoms with van der Waals surface area (Å²) >= 11 is 0. The van der Waals surface area contributed by atoms with Crippen molar-refractivity contribution < 1.29 is 5.11 Å². The molecule has 0 saturated carbocycles. The van der Waals surface area contributed by atoms with Crippen molar-refractivity contribution in [1.82, 2.24) is 4.90 Å². The standard InChI is InChI=1S/C10H23NO/c1-6-10(7-12)11(8(2)3)9(4)5/h8-10,12H,6-7H2,1-5H3. The molecule has 0 saturated heterocycles. The topological polar surface area (TPSA) is 23.5 Å². The summed E-state index contributed by atoms with van der Waals surface area (Å²) in [6.45, 7) is 11.1. The van der Waals surface area contributed by atoms with E-state index < -0.39 is 0 Å². The van der Waals surface area contributed by atoms with Crippen LogP contribution in [0.5, 0.6) is 0 Å². The number of hydrogen-bond donors (Lipinski definition) is 1. The molecular formula is C10H23NO. The molecule has 0 rings (SSSR count). The molecule has 1 atom stereocenters. The van der Waals surface area contributed by atoms with Gasteiger partial charge in [0.2, 0.25) is 0 Å². The second-order valence-corrected chi connectivity index (χ2v) is 3.88. The summed E-state index contributed by atoms with van der Waals surface area (Å²) in [5.41, 5.74) is 0. The highest BCUT2D eigenvalue weighted by Crippen LogP contribution is 2.12. The fourth-order valence-corrected chi connectivity index (χ4v) is 1.87. The van der Waals surface area contributed by atoms with Gasteiger partial charge in [0.25, 0.3) is 0 Å². The van der Waals surface area contributed by atoms with E-state index in [1.54, 1.807) is 0 Å². The zero-order valence-electron chi connectivity index (χ0n) is 9.04. The van der Waals surface area contributed by atoms with E-state index in [9.17, 15) is 0 Å². The van der Waals surface area contributed by atoms with E-state index >= 15 is 0 Å². The van der Waals surface area contributed by atoms with Gasteiger partial charge in [-0.15, -0.1) is 0 Å². The highest BCUT2D eigenvalue weighted by molar-refractivity contribution is 4.75. The smallest absolute Gasteiger partial charge is 0.0586 e. The minimum atomic E-state index is 0.271. The molecule has 0 aliphatic rings. The molecule has 2 nitrogen and oxygen atoms in total. The lowest BCUT2D eigenvalue weighted by molar-refractivity contribution is 0.0652. The van der Waals surface area contributed by atoms with Gasteiger partial charge in [-0.2, -0.15) is 0 Å². The lowest BCUT2D eigenvalue weighted by Gasteiger charge is -2.36. The molecule has 2 heteroatoms. The molecule has 0 aliphatic heterocycles. The first kappa shape index (κ1) is 11.9. The van der Waals surface area contributed by atoms with Crippen LogP contribution in [0, 0.1) is 0 Å². The van der Waals surface area contributed by atoms with Gasteiger partial charge in [0.1, 0.15) is 0 Å². The lowest BCUT2D eigenvalue weighted by atomic mass is 10.1. The Morgan fingerprint density at radius 1 is 1.08 bits per heavy atom. The van der Waals surface area contributed by atoms with Crippen molar-refractivity contribution in [3.8, 4) is 0 Å². The first-order chi connectivity index (χ1) is 5.54. The van der Waals surface area contributed by atoms with Gasteiger partial charge in [-0.1, -0.05) is 6.92 Å². The third-order valence-corrected chi connectivity index (χ3v) is 2.30. The molecule has 74 valence electrons. The van der Waals surface area contributed by atoms with Crippen LogP contribution in [0.2, 0.25) is 0 Å². The molecule has 0 bridgehead atoms. The summed E-state index contributed by atoms with van der Waals surface area (Å²) in [6, 6.07) is 1.36. The van der Waals surface area contributed by atoms with Gasteiger partial charge < -0.3 is 5.11 Å². The molecule has 0 amide bonds. The van der Waals surface area contributed by atoms with Crippen LogP contribution in [0.25, 0.3) is 0 Å². The van der Waals surface area contributed by atoms with Gasteiger partial charge in [0.15, 0.2) is 0 Å². The van der Waals surface area contributed by atoms with Gasteiger partial charge in [0.05, 0.1) is 6.61 Å². The van der Waals surface area contributed by atoms with Crippen LogP contribution in [-0.4, -0.2) is 34.7 Å². The molecule has 0 spiro atoms. The van der Waals surface area contributed by atoms with Crippen LogP contribution in [0.15, 0.2) is 0 Å². The van der Waals surface area contributed by atoms with Crippen molar-refractivity contribution in [2.75, 3.05) is 6.61 Å². The molecule has 0 aromatic heterocycles. The number of nitrogens with zero attached hydrogens (tertiary/aromatic N) is 1. The van der Waals surface area contributed by atoms with E-state index in [1.165, 1.54) is 0 Å². The number of aliphatic hydroxyl groups excluding tert-OH is 1. The Morgan fingerprint density at radius 2 is 1.50 bits per heavy atom. The predicted octanol–water partition coefficient (Wildman–Crippen LogP) is 1.88. The van der Waals surface area contributed by atoms with Crippen LogP contribution in [0.4, 0.5) is 0 Å². The monoisotopic (exact) mass is 173 g/mol. The van der Waals surface area contributed by atoms with Crippen LogP contribution in [-0.2, 0) is 0 Å². The summed E-state index contributed by atoms with van der Waals surface area (Å²) in [5.74, 6) is 0. The van der Waals surface area contributed by atoms with Crippen molar-refractivity contribution in [2.45, 2.75) is 59.2 Å². The Balaban J connectivity index is 4.26. The summed E-state index contributed by atoms with van der Waals surface area (Å²) < 4.78 is 0. The SMILES string of the molecule is CCC(CO)N(C(C)C)C(C)C. The van der Waals surface area contributed by atoms with Crippen LogP contribution in [0.1, 0.15) is 41.0 Å². The second-order valence-electron chi connectivity index (χ2n) is 3.88. The molecule has 1 unspecified atom stereocenters. The minimum absolute atomic E-state index is 0.271. The van der Waals surface area contributed by atoms with E-state index in [4.69, 9.17) is 5.11 Å². The highest BCUT2D eigenvalue weighted by Gasteiger charge is 2.21. The summed E-state index contributed by atoms with van der Waals surface area (Å²) in [5, 5.41) is 9.15. The van der Waals surface area contributed by atoms with Crippen molar-refractivity contribution >= 4 is 0 Å². The van der Waals surface area contributed by atoms with Crippen LogP contribution < -0.4 is 0 Å². The Hall–Kier alpha value is -0.0800. The molecule has 0 aromatic rings. The predicted molar refractivity (Wildman–Crippen MR) is 53.3 cm³/mol. The molecule has 0 aliphatic carbocycles. The van der Waals surface area contributed by atoms with E-state index in [1.807, 2.05) is 0 Å². The summed E-state index contributed by atoms with van der Waals surface area (Å²) in [7, 11) is 0. The van der Waals surface area contributed by atoms with Crippen molar-refractivity contribution in [3.05, 3.63) is 0 Å². The average molecular weight is 173 g/mol. The number of aliphatic hydroxyl groups is 1. The van der Waals surface area contributed by atoms with Crippen molar-refractivity contribution in [2.24, 2.45) is 0 Å². The number of hydrogen-bond acceptors (Lipinski definition) is 2. The second kappa shape index (κ2) is 5.55. The van der Waals surface area contributed by atoms with Crippen molar-refractivity contribution in [3.63, 3.8) is 0 Å². The third-order valence-electron chi connectivity index (χ3n) is 2.30. The van der Waals surface area contributed by atoms with Gasteiger partial charge in [-0.3, -0.25) is 4.90 Å². The lowest BCUT2D eigenvalue weighted by Crippen LogP contribution is -2.46. The van der Waals surface area contributed by atoms with Crippen LogP contribution in [0.3, 0.4) is 0 Å². The highest BCUT2D eigenvalue weighted by atomic mass is 16.3. The zero-order chi connectivity index (χ0) is 9.72. The third kappa shape index (κ3) is 3.11. The maximum atomic E-state index is 9.15. The van der Waals surface area contributed by atoms with Gasteiger partial charge in [0, 0.05) is 18.1 Å². The van der Waals surface area contributed by atoms with Gasteiger partial charge in [-0.25, -0.2) is 0 Å². The van der Waals surface area contributed by atoms with E-state index in [-0.39, 0.29) is 6.61 Å². The maximum Gasteiger partial charge on any atom is 0.0586 e. The summed E-state index contributed by atoms with van der Waals surface area (Å²) in [6.07, 6.45) is 1.02. The van der Waals surface area contributed by atoms with Gasteiger partial charge in [-0.05, 0) is 34.1 Å². The number of rotatable bonds is 5. The minimum Gasteiger partial charge on any atom is -0.395 e. The Kier molecular flexibility index (Phi) is 5.51. The first-order valence-corrected chi connectivity index (χ1v) is 4.92. The molecule has 1 N–H and O–H groups in total. The first-order valence-electron chi connectivity index (χ1n) is 4.92. The van der Waals surface area contributed by atoms with E-state index in [2.05, 4.69) is 39.5 Å². The molecule has 12 heavy (non-hydrogen) atoms. The quantitative estimate of drug-likeness (QED) is 0.686. The fourth-order valence-electron chi connectivity index (χ4n) is 1.87. The van der Waals surface area contributed by atoms with E-state index in [0.717, 1.165) is 6.42 Å². The maximum absolute atomic E-state index is 9.15. The molecule has 0 aromatic carbocycles. The normalized spacial score (nSPS) is 14.8. The molecule has 0 heterocycles. The van der Waals surface area contributed by atoms with Crippen LogP contribution >= 0.6 is 0 Å². The Labute approximate surface area is 76.6 Å². The molecular weight excluding hydrogens is 150 g/mol. The molecule has 0 radical (unpaired) electrons. The Morgan fingerprint density at radius 3 is 1.58 bits per heavy atom. The molecule has 0 fully saturated rings. The fraction of sp³-hybridized carbons (Fsp3) is 1.00. The zero-order valence-corrected chi connectivity index (χ0v) is 9.04. The van der Waals surface area contributed by atoms with E-state index in [0.29, 0.717) is 18.1 Å². The largest absolute Gasteiger partial charge is 0.395 e. The van der Waals surface area contributed by atoms with Gasteiger partial charge >= 0.3 is 0 Å². The average Bonchev–Trinajstić information content (AvgIpc) is 1.98. The Bertz CT molecular complexity index is 100.